The van der Waals surface area contributed by atoms with Gasteiger partial charge in [-0.2, -0.15) is 0 Å². The van der Waals surface area contributed by atoms with E-state index in [9.17, 15) is 13.6 Å². The maximum atomic E-state index is 12.4. The Hall–Kier alpha value is -1.08. The number of nitrogens with zero attached hydrogens (tertiary/aromatic N) is 1. The first-order valence-corrected chi connectivity index (χ1v) is 4.67. The average Bonchev–Trinajstić information content (AvgIpc) is 2.16. The van der Waals surface area contributed by atoms with E-state index in [2.05, 4.69) is 20.9 Å². The maximum absolute atomic E-state index is 12.4. The number of carboxylic acid groups (broad SMARTS) is 1. The number of pyridine rings is 1. The monoisotopic (exact) mass is 280 g/mol. The second kappa shape index (κ2) is 4.63. The summed E-state index contributed by atoms with van der Waals surface area (Å²) in [5.41, 5.74) is 4.66. The molecule has 1 aromatic rings. The highest BCUT2D eigenvalue weighted by atomic mass is 79.9. The Balaban J connectivity index is 3.35. The average molecular weight is 281 g/mol. The lowest BCUT2D eigenvalue weighted by atomic mass is 10.1. The molecule has 0 unspecified atom stereocenters. The van der Waals surface area contributed by atoms with Crippen molar-refractivity contribution in [3.8, 4) is 0 Å². The largest absolute Gasteiger partial charge is 0.477 e. The van der Waals surface area contributed by atoms with Gasteiger partial charge in [0.1, 0.15) is 4.60 Å². The van der Waals surface area contributed by atoms with Crippen molar-refractivity contribution in [3.05, 3.63) is 27.5 Å². The summed E-state index contributed by atoms with van der Waals surface area (Å²) in [7, 11) is 0. The Bertz CT molecular complexity index is 398. The number of aromatic nitrogens is 1. The minimum Gasteiger partial charge on any atom is -0.477 e. The van der Waals surface area contributed by atoms with Crippen molar-refractivity contribution in [2.45, 2.75) is 13.0 Å². The van der Waals surface area contributed by atoms with Crippen molar-refractivity contribution >= 4 is 21.9 Å². The summed E-state index contributed by atoms with van der Waals surface area (Å²) in [6.45, 7) is -0.151. The zero-order valence-electron chi connectivity index (χ0n) is 7.38. The molecule has 0 atom stereocenters. The fourth-order valence-corrected chi connectivity index (χ4v) is 1.51. The summed E-state index contributed by atoms with van der Waals surface area (Å²) in [6.07, 6.45) is -2.72. The summed E-state index contributed by atoms with van der Waals surface area (Å²) >= 11 is 2.78. The second-order valence-corrected chi connectivity index (χ2v) is 3.44. The first-order chi connectivity index (χ1) is 6.97. The van der Waals surface area contributed by atoms with Crippen LogP contribution in [0.2, 0.25) is 0 Å². The van der Waals surface area contributed by atoms with Gasteiger partial charge in [-0.15, -0.1) is 0 Å². The number of rotatable bonds is 3. The molecule has 1 heterocycles. The first-order valence-electron chi connectivity index (χ1n) is 3.88. The highest BCUT2D eigenvalue weighted by Crippen LogP contribution is 2.27. The van der Waals surface area contributed by atoms with Crippen LogP contribution < -0.4 is 5.73 Å². The number of alkyl halides is 2. The first kappa shape index (κ1) is 12.0. The SMILES string of the molecule is NCc1cc(C(F)F)c(Br)nc1C(=O)O. The minimum absolute atomic E-state index is 0.0843. The van der Waals surface area contributed by atoms with E-state index in [1.54, 1.807) is 0 Å². The highest BCUT2D eigenvalue weighted by Gasteiger charge is 2.19. The van der Waals surface area contributed by atoms with Crippen molar-refractivity contribution in [1.29, 1.82) is 0 Å². The van der Waals surface area contributed by atoms with E-state index in [0.29, 0.717) is 0 Å². The lowest BCUT2D eigenvalue weighted by Crippen LogP contribution is -2.11. The molecule has 0 aromatic carbocycles. The van der Waals surface area contributed by atoms with Crippen LogP contribution in [0.15, 0.2) is 10.7 Å². The van der Waals surface area contributed by atoms with E-state index >= 15 is 0 Å². The zero-order valence-corrected chi connectivity index (χ0v) is 8.96. The molecular weight excluding hydrogens is 274 g/mol. The zero-order chi connectivity index (χ0) is 11.6. The summed E-state index contributed by atoms with van der Waals surface area (Å²) in [5.74, 6) is -1.29. The minimum atomic E-state index is -2.72. The van der Waals surface area contributed by atoms with Gasteiger partial charge in [0, 0.05) is 6.54 Å². The van der Waals surface area contributed by atoms with Crippen LogP contribution in [0.3, 0.4) is 0 Å². The van der Waals surface area contributed by atoms with Crippen molar-refractivity contribution in [2.75, 3.05) is 0 Å². The molecule has 1 rings (SSSR count). The van der Waals surface area contributed by atoms with Gasteiger partial charge in [0.05, 0.1) is 5.56 Å². The van der Waals surface area contributed by atoms with Crippen LogP contribution in [0.4, 0.5) is 8.78 Å². The van der Waals surface area contributed by atoms with Gasteiger partial charge in [0.25, 0.3) is 6.43 Å². The third kappa shape index (κ3) is 2.48. The Kier molecular flexibility index (Phi) is 3.70. The van der Waals surface area contributed by atoms with Gasteiger partial charge in [-0.3, -0.25) is 0 Å². The molecule has 0 radical (unpaired) electrons. The molecule has 1 aromatic heterocycles. The van der Waals surface area contributed by atoms with Crippen molar-refractivity contribution in [1.82, 2.24) is 4.98 Å². The normalized spacial score (nSPS) is 10.7. The van der Waals surface area contributed by atoms with Gasteiger partial charge in [-0.1, -0.05) is 0 Å². The molecule has 0 saturated heterocycles. The topological polar surface area (TPSA) is 76.2 Å². The molecule has 0 bridgehead atoms. The summed E-state index contributed by atoms with van der Waals surface area (Å²) < 4.78 is 24.7. The van der Waals surface area contributed by atoms with E-state index < -0.39 is 12.4 Å². The predicted octanol–water partition coefficient (Wildman–Crippen LogP) is 1.94. The van der Waals surface area contributed by atoms with Crippen molar-refractivity contribution < 1.29 is 18.7 Å². The van der Waals surface area contributed by atoms with Crippen LogP contribution in [0.25, 0.3) is 0 Å². The Morgan fingerprint density at radius 1 is 1.67 bits per heavy atom. The number of hydrogen-bond acceptors (Lipinski definition) is 3. The smallest absolute Gasteiger partial charge is 0.354 e. The fourth-order valence-electron chi connectivity index (χ4n) is 1.04. The van der Waals surface area contributed by atoms with Crippen molar-refractivity contribution in [3.63, 3.8) is 0 Å². The third-order valence-corrected chi connectivity index (χ3v) is 2.37. The molecule has 3 N–H and O–H groups in total. The van der Waals surface area contributed by atoms with Crippen molar-refractivity contribution in [2.24, 2.45) is 5.73 Å². The van der Waals surface area contributed by atoms with E-state index in [-0.39, 0.29) is 28.0 Å². The Morgan fingerprint density at radius 3 is 2.67 bits per heavy atom. The molecule has 0 aliphatic heterocycles. The van der Waals surface area contributed by atoms with Gasteiger partial charge in [-0.05, 0) is 27.6 Å². The van der Waals surface area contributed by atoms with E-state index in [1.807, 2.05) is 0 Å². The second-order valence-electron chi connectivity index (χ2n) is 2.69. The molecule has 0 saturated carbocycles. The predicted molar refractivity (Wildman–Crippen MR) is 51.7 cm³/mol. The van der Waals surface area contributed by atoms with Gasteiger partial charge in [0.15, 0.2) is 5.69 Å². The molecule has 15 heavy (non-hydrogen) atoms. The molecule has 0 aliphatic carbocycles. The molecule has 0 amide bonds. The quantitative estimate of drug-likeness (QED) is 0.830. The molecule has 4 nitrogen and oxygen atoms in total. The van der Waals surface area contributed by atoms with Gasteiger partial charge in [-0.25, -0.2) is 18.6 Å². The Labute approximate surface area is 92.2 Å². The molecule has 7 heteroatoms. The number of hydrogen-bond donors (Lipinski definition) is 2. The van der Waals surface area contributed by atoms with Gasteiger partial charge in [0.2, 0.25) is 0 Å². The van der Waals surface area contributed by atoms with Crippen LogP contribution >= 0.6 is 15.9 Å². The molecule has 0 aliphatic rings. The van der Waals surface area contributed by atoms with Crippen LogP contribution in [-0.4, -0.2) is 16.1 Å². The van der Waals surface area contributed by atoms with E-state index in [1.165, 1.54) is 0 Å². The highest BCUT2D eigenvalue weighted by molar-refractivity contribution is 9.10. The van der Waals surface area contributed by atoms with Crippen LogP contribution in [0.5, 0.6) is 0 Å². The number of aromatic carboxylic acids is 1. The van der Waals surface area contributed by atoms with Gasteiger partial charge >= 0.3 is 5.97 Å². The lowest BCUT2D eigenvalue weighted by molar-refractivity contribution is 0.0688. The van der Waals surface area contributed by atoms with Crippen LogP contribution in [0, 0.1) is 0 Å². The fraction of sp³-hybridized carbons (Fsp3) is 0.250. The number of carbonyl (C=O) groups is 1. The third-order valence-electron chi connectivity index (χ3n) is 1.74. The molecular formula is C8H7BrF2N2O2. The Morgan fingerprint density at radius 2 is 2.27 bits per heavy atom. The summed E-state index contributed by atoms with van der Waals surface area (Å²) in [4.78, 5) is 14.2. The standard InChI is InChI=1S/C8H7BrF2N2O2/c9-6-4(7(10)11)1-3(2-12)5(13-6)8(14)15/h1,7H,2,12H2,(H,14,15). The number of halogens is 3. The van der Waals surface area contributed by atoms with Crippen LogP contribution in [-0.2, 0) is 6.54 Å². The van der Waals surface area contributed by atoms with E-state index in [4.69, 9.17) is 10.8 Å². The number of carboxylic acids is 1. The number of nitrogens with two attached hydrogens (primary N) is 1. The van der Waals surface area contributed by atoms with E-state index in [0.717, 1.165) is 6.07 Å². The molecule has 0 spiro atoms. The summed E-state index contributed by atoms with van der Waals surface area (Å²) in [6, 6.07) is 1.05. The van der Waals surface area contributed by atoms with Gasteiger partial charge < -0.3 is 10.8 Å². The molecule has 0 fully saturated rings. The summed E-state index contributed by atoms with van der Waals surface area (Å²) in [5, 5.41) is 8.72. The maximum Gasteiger partial charge on any atom is 0.354 e. The van der Waals surface area contributed by atoms with Crippen LogP contribution in [0.1, 0.15) is 28.0 Å². The lowest BCUT2D eigenvalue weighted by Gasteiger charge is -2.08. The molecule has 82 valence electrons.